The van der Waals surface area contributed by atoms with Crippen molar-refractivity contribution in [2.45, 2.75) is 6.42 Å². The fourth-order valence-corrected chi connectivity index (χ4v) is 3.20. The SMILES string of the molecule is O=C(Cc1ccccc1)Nc1nc(C(=O)Nc2ccc(Cl)cc2[N+](=O)[O-])cs1. The van der Waals surface area contributed by atoms with E-state index in [-0.39, 0.29) is 39.6 Å². The second kappa shape index (κ2) is 8.59. The van der Waals surface area contributed by atoms with Gasteiger partial charge in [0, 0.05) is 16.5 Å². The van der Waals surface area contributed by atoms with Crippen molar-refractivity contribution < 1.29 is 14.5 Å². The van der Waals surface area contributed by atoms with E-state index in [0.717, 1.165) is 23.0 Å². The summed E-state index contributed by atoms with van der Waals surface area (Å²) in [4.78, 5) is 38.9. The summed E-state index contributed by atoms with van der Waals surface area (Å²) in [7, 11) is 0. The lowest BCUT2D eigenvalue weighted by atomic mass is 10.1. The molecule has 0 saturated heterocycles. The van der Waals surface area contributed by atoms with Crippen LogP contribution in [0.1, 0.15) is 16.1 Å². The summed E-state index contributed by atoms with van der Waals surface area (Å²) in [6.07, 6.45) is 0.179. The molecule has 8 nitrogen and oxygen atoms in total. The molecule has 1 heterocycles. The summed E-state index contributed by atoms with van der Waals surface area (Å²) in [5.41, 5.74) is 0.559. The fraction of sp³-hybridized carbons (Fsp3) is 0.0556. The molecule has 0 saturated carbocycles. The lowest BCUT2D eigenvalue weighted by molar-refractivity contribution is -0.383. The summed E-state index contributed by atoms with van der Waals surface area (Å²) >= 11 is 6.84. The zero-order valence-corrected chi connectivity index (χ0v) is 15.8. The molecule has 0 bridgehead atoms. The molecule has 142 valence electrons. The number of amides is 2. The summed E-state index contributed by atoms with van der Waals surface area (Å²) in [6, 6.07) is 13.1. The Morgan fingerprint density at radius 2 is 1.89 bits per heavy atom. The molecular formula is C18H13ClN4O4S. The Labute approximate surface area is 168 Å². The predicted molar refractivity (Wildman–Crippen MR) is 107 cm³/mol. The maximum absolute atomic E-state index is 12.3. The zero-order valence-electron chi connectivity index (χ0n) is 14.2. The van der Waals surface area contributed by atoms with Gasteiger partial charge in [0.1, 0.15) is 11.4 Å². The van der Waals surface area contributed by atoms with Crippen molar-refractivity contribution >= 4 is 51.3 Å². The van der Waals surface area contributed by atoms with Gasteiger partial charge in [-0.15, -0.1) is 11.3 Å². The van der Waals surface area contributed by atoms with Crippen LogP contribution < -0.4 is 10.6 Å². The molecular weight excluding hydrogens is 404 g/mol. The molecule has 2 N–H and O–H groups in total. The number of nitro benzene ring substituents is 1. The molecule has 3 aromatic rings. The molecule has 28 heavy (non-hydrogen) atoms. The first kappa shape index (κ1) is 19.5. The van der Waals surface area contributed by atoms with E-state index in [4.69, 9.17) is 11.6 Å². The van der Waals surface area contributed by atoms with Crippen LogP contribution in [0.3, 0.4) is 0 Å². The van der Waals surface area contributed by atoms with E-state index in [0.29, 0.717) is 0 Å². The van der Waals surface area contributed by atoms with Gasteiger partial charge in [0.05, 0.1) is 11.3 Å². The highest BCUT2D eigenvalue weighted by Gasteiger charge is 2.19. The molecule has 1 aromatic heterocycles. The van der Waals surface area contributed by atoms with Crippen LogP contribution in [0.4, 0.5) is 16.5 Å². The van der Waals surface area contributed by atoms with Crippen LogP contribution >= 0.6 is 22.9 Å². The molecule has 0 aliphatic heterocycles. The Morgan fingerprint density at radius 3 is 2.61 bits per heavy atom. The van der Waals surface area contributed by atoms with Crippen molar-refractivity contribution in [2.24, 2.45) is 0 Å². The Hall–Kier alpha value is -3.30. The molecule has 0 aliphatic carbocycles. The molecule has 0 fully saturated rings. The van der Waals surface area contributed by atoms with Gasteiger partial charge >= 0.3 is 0 Å². The summed E-state index contributed by atoms with van der Waals surface area (Å²) < 4.78 is 0. The third kappa shape index (κ3) is 4.90. The minimum atomic E-state index is -0.641. The standard InChI is InChI=1S/C18H13ClN4O4S/c19-12-6-7-13(15(9-12)23(26)27)20-17(25)14-10-28-18(21-14)22-16(24)8-11-4-2-1-3-5-11/h1-7,9-10H,8H2,(H,20,25)(H,21,22,24). The van der Waals surface area contributed by atoms with Gasteiger partial charge in [-0.05, 0) is 17.7 Å². The largest absolute Gasteiger partial charge is 0.315 e. The molecule has 0 aliphatic rings. The third-order valence-corrected chi connectivity index (χ3v) is 4.59. The number of nitrogens with one attached hydrogen (secondary N) is 2. The molecule has 0 spiro atoms. The lowest BCUT2D eigenvalue weighted by Gasteiger charge is -2.05. The first-order chi connectivity index (χ1) is 13.4. The minimum absolute atomic E-state index is 0.00191. The highest BCUT2D eigenvalue weighted by atomic mass is 35.5. The van der Waals surface area contributed by atoms with E-state index in [2.05, 4.69) is 15.6 Å². The second-order valence-corrected chi connectivity index (χ2v) is 6.92. The Balaban J connectivity index is 1.66. The number of halogens is 1. The Morgan fingerprint density at radius 1 is 1.14 bits per heavy atom. The van der Waals surface area contributed by atoms with E-state index < -0.39 is 10.8 Å². The number of aromatic nitrogens is 1. The van der Waals surface area contributed by atoms with Crippen molar-refractivity contribution in [3.63, 3.8) is 0 Å². The number of anilines is 2. The van der Waals surface area contributed by atoms with Crippen LogP contribution in [0.5, 0.6) is 0 Å². The smallest absolute Gasteiger partial charge is 0.294 e. The van der Waals surface area contributed by atoms with E-state index >= 15 is 0 Å². The molecule has 0 radical (unpaired) electrons. The average molecular weight is 417 g/mol. The van der Waals surface area contributed by atoms with Crippen molar-refractivity contribution in [2.75, 3.05) is 10.6 Å². The molecule has 2 amide bonds. The molecule has 3 rings (SSSR count). The number of rotatable bonds is 6. The lowest BCUT2D eigenvalue weighted by Crippen LogP contribution is -2.16. The van der Waals surface area contributed by atoms with Gasteiger partial charge < -0.3 is 10.6 Å². The monoisotopic (exact) mass is 416 g/mol. The Kier molecular flexibility index (Phi) is 5.97. The van der Waals surface area contributed by atoms with Gasteiger partial charge in [-0.2, -0.15) is 0 Å². The molecule has 10 heteroatoms. The van der Waals surface area contributed by atoms with Gasteiger partial charge in [-0.3, -0.25) is 19.7 Å². The van der Waals surface area contributed by atoms with E-state index in [1.165, 1.54) is 17.5 Å². The van der Waals surface area contributed by atoms with E-state index in [9.17, 15) is 19.7 Å². The molecule has 0 atom stereocenters. The number of carbonyl (C=O) groups excluding carboxylic acids is 2. The second-order valence-electron chi connectivity index (χ2n) is 5.62. The van der Waals surface area contributed by atoms with Gasteiger partial charge in [0.2, 0.25) is 5.91 Å². The van der Waals surface area contributed by atoms with Crippen molar-refractivity contribution in [3.05, 3.63) is 80.3 Å². The third-order valence-electron chi connectivity index (χ3n) is 3.60. The quantitative estimate of drug-likeness (QED) is 0.463. The van der Waals surface area contributed by atoms with E-state index in [1.54, 1.807) is 0 Å². The molecule has 0 unspecified atom stereocenters. The maximum Gasteiger partial charge on any atom is 0.294 e. The zero-order chi connectivity index (χ0) is 20.1. The number of hydrogen-bond acceptors (Lipinski definition) is 6. The molecule has 2 aromatic carbocycles. The van der Waals surface area contributed by atoms with Crippen molar-refractivity contribution in [1.29, 1.82) is 0 Å². The first-order valence-corrected chi connectivity index (χ1v) is 9.23. The van der Waals surface area contributed by atoms with Gasteiger partial charge in [-0.1, -0.05) is 41.9 Å². The predicted octanol–water partition coefficient (Wildman–Crippen LogP) is 4.14. The van der Waals surface area contributed by atoms with Crippen LogP contribution in [-0.2, 0) is 11.2 Å². The number of nitro groups is 1. The Bertz CT molecular complexity index is 1040. The van der Waals surface area contributed by atoms with Crippen LogP contribution in [0, 0.1) is 10.1 Å². The van der Waals surface area contributed by atoms with Crippen LogP contribution in [0.2, 0.25) is 5.02 Å². The number of nitrogens with zero attached hydrogens (tertiary/aromatic N) is 2. The summed E-state index contributed by atoms with van der Waals surface area (Å²) in [6.45, 7) is 0. The van der Waals surface area contributed by atoms with Gasteiger partial charge in [0.15, 0.2) is 5.13 Å². The van der Waals surface area contributed by atoms with Gasteiger partial charge in [0.25, 0.3) is 11.6 Å². The number of hydrogen-bond donors (Lipinski definition) is 2. The van der Waals surface area contributed by atoms with Crippen molar-refractivity contribution in [1.82, 2.24) is 4.98 Å². The topological polar surface area (TPSA) is 114 Å². The van der Waals surface area contributed by atoms with Gasteiger partial charge in [-0.25, -0.2) is 4.98 Å². The van der Waals surface area contributed by atoms with E-state index in [1.807, 2.05) is 30.3 Å². The first-order valence-electron chi connectivity index (χ1n) is 7.97. The van der Waals surface area contributed by atoms with Crippen molar-refractivity contribution in [3.8, 4) is 0 Å². The number of thiazole rings is 1. The maximum atomic E-state index is 12.3. The summed E-state index contributed by atoms with van der Waals surface area (Å²) in [5, 5.41) is 18.1. The average Bonchev–Trinajstić information content (AvgIpc) is 3.12. The summed E-state index contributed by atoms with van der Waals surface area (Å²) in [5.74, 6) is -0.897. The number of benzene rings is 2. The van der Waals surface area contributed by atoms with Crippen LogP contribution in [0.25, 0.3) is 0 Å². The highest BCUT2D eigenvalue weighted by Crippen LogP contribution is 2.28. The minimum Gasteiger partial charge on any atom is -0.315 e. The normalized spacial score (nSPS) is 10.3. The van der Waals surface area contributed by atoms with Crippen LogP contribution in [0.15, 0.2) is 53.9 Å². The van der Waals surface area contributed by atoms with Crippen LogP contribution in [-0.4, -0.2) is 21.7 Å². The highest BCUT2D eigenvalue weighted by molar-refractivity contribution is 7.14. The number of carbonyl (C=O) groups is 2. The fourth-order valence-electron chi connectivity index (χ4n) is 2.33.